The highest BCUT2D eigenvalue weighted by Gasteiger charge is 2.29. The number of nitrogens with one attached hydrogen (secondary N) is 1. The monoisotopic (exact) mass is 482 g/mol. The number of halogens is 1. The van der Waals surface area contributed by atoms with Crippen LogP contribution in [-0.2, 0) is 9.53 Å². The first-order chi connectivity index (χ1) is 15.0. The van der Waals surface area contributed by atoms with Crippen LogP contribution in [0.15, 0.2) is 65.3 Å². The van der Waals surface area contributed by atoms with Crippen LogP contribution in [0.1, 0.15) is 27.7 Å². The number of hydrogen-bond donors (Lipinski definition) is 1. The van der Waals surface area contributed by atoms with Gasteiger partial charge in [-0.1, -0.05) is 46.3 Å². The Morgan fingerprint density at radius 2 is 1.74 bits per heavy atom. The minimum atomic E-state index is -0.776. The molecule has 0 spiro atoms. The van der Waals surface area contributed by atoms with Gasteiger partial charge in [0.25, 0.3) is 5.91 Å². The van der Waals surface area contributed by atoms with Crippen LogP contribution in [0.5, 0.6) is 0 Å². The fraction of sp³-hybridized carbons (Fsp3) is 0.261. The molecule has 2 aromatic carbocycles. The number of aromatic nitrogens is 2. The molecule has 0 radical (unpaired) electrons. The van der Waals surface area contributed by atoms with E-state index in [1.807, 2.05) is 61.5 Å². The van der Waals surface area contributed by atoms with E-state index in [9.17, 15) is 9.59 Å². The molecule has 1 fully saturated rings. The molecule has 31 heavy (non-hydrogen) atoms. The third-order valence-electron chi connectivity index (χ3n) is 5.30. The van der Waals surface area contributed by atoms with Crippen molar-refractivity contribution < 1.29 is 14.3 Å². The van der Waals surface area contributed by atoms with Gasteiger partial charge >= 0.3 is 0 Å². The van der Waals surface area contributed by atoms with Crippen molar-refractivity contribution in [3.8, 4) is 5.69 Å². The maximum absolute atomic E-state index is 13.2. The molecule has 1 aliphatic rings. The molecule has 1 saturated heterocycles. The summed E-state index contributed by atoms with van der Waals surface area (Å²) in [6.45, 7) is 3.86. The Hall–Kier alpha value is -2.97. The van der Waals surface area contributed by atoms with Gasteiger partial charge in [-0.15, -0.1) is 0 Å². The third-order valence-corrected chi connectivity index (χ3v) is 5.83. The summed E-state index contributed by atoms with van der Waals surface area (Å²) in [5.41, 5.74) is 2.72. The van der Waals surface area contributed by atoms with Crippen molar-refractivity contribution in [3.63, 3.8) is 0 Å². The second-order valence-corrected chi connectivity index (χ2v) is 8.20. The van der Waals surface area contributed by atoms with Gasteiger partial charge in [-0.2, -0.15) is 5.10 Å². The molecule has 1 atom stereocenters. The third kappa shape index (κ3) is 4.70. The minimum Gasteiger partial charge on any atom is -0.378 e. The molecule has 1 N–H and O–H groups in total. The standard InChI is InChI=1S/C23H23BrN4O3/c1-16-20(15-25-28(16)19-9-7-18(24)8-10-19)22(29)26-21(17-5-3-2-4-6-17)23(30)27-11-13-31-14-12-27/h2-10,15,21H,11-14H2,1H3,(H,26,29). The summed E-state index contributed by atoms with van der Waals surface area (Å²) in [7, 11) is 0. The molecule has 1 aliphatic heterocycles. The van der Waals surface area contributed by atoms with E-state index in [0.717, 1.165) is 15.7 Å². The largest absolute Gasteiger partial charge is 0.378 e. The summed E-state index contributed by atoms with van der Waals surface area (Å²) < 4.78 is 8.03. The van der Waals surface area contributed by atoms with Crippen molar-refractivity contribution in [1.82, 2.24) is 20.0 Å². The van der Waals surface area contributed by atoms with E-state index in [2.05, 4.69) is 26.3 Å². The molecule has 4 rings (SSSR count). The van der Waals surface area contributed by atoms with Gasteiger partial charge < -0.3 is 15.0 Å². The van der Waals surface area contributed by atoms with Gasteiger partial charge in [-0.3, -0.25) is 9.59 Å². The fourth-order valence-corrected chi connectivity index (χ4v) is 3.85. The number of nitrogens with zero attached hydrogens (tertiary/aromatic N) is 3. The second kappa shape index (κ2) is 9.45. The smallest absolute Gasteiger partial charge is 0.255 e. The topological polar surface area (TPSA) is 76.5 Å². The first-order valence-corrected chi connectivity index (χ1v) is 10.9. The van der Waals surface area contributed by atoms with E-state index in [0.29, 0.717) is 37.6 Å². The number of amides is 2. The van der Waals surface area contributed by atoms with Gasteiger partial charge in [0.05, 0.1) is 36.4 Å². The molecule has 160 valence electrons. The Labute approximate surface area is 189 Å². The summed E-state index contributed by atoms with van der Waals surface area (Å²) in [6, 6.07) is 16.2. The lowest BCUT2D eigenvalue weighted by Crippen LogP contribution is -2.47. The zero-order valence-corrected chi connectivity index (χ0v) is 18.7. The Morgan fingerprint density at radius 3 is 2.42 bits per heavy atom. The summed E-state index contributed by atoms with van der Waals surface area (Å²) >= 11 is 3.42. The maximum atomic E-state index is 13.2. The van der Waals surface area contributed by atoms with Gasteiger partial charge in [-0.25, -0.2) is 4.68 Å². The maximum Gasteiger partial charge on any atom is 0.255 e. The summed E-state index contributed by atoms with van der Waals surface area (Å²) in [6.07, 6.45) is 1.54. The molecule has 0 bridgehead atoms. The first-order valence-electron chi connectivity index (χ1n) is 10.1. The highest BCUT2D eigenvalue weighted by molar-refractivity contribution is 9.10. The Morgan fingerprint density at radius 1 is 1.06 bits per heavy atom. The van der Waals surface area contributed by atoms with Gasteiger partial charge in [0.15, 0.2) is 0 Å². The summed E-state index contributed by atoms with van der Waals surface area (Å²) in [5, 5.41) is 7.31. The van der Waals surface area contributed by atoms with Crippen molar-refractivity contribution >= 4 is 27.7 Å². The predicted octanol–water partition coefficient (Wildman–Crippen LogP) is 3.27. The van der Waals surface area contributed by atoms with Gasteiger partial charge in [0.2, 0.25) is 5.91 Å². The van der Waals surface area contributed by atoms with Crippen LogP contribution >= 0.6 is 15.9 Å². The minimum absolute atomic E-state index is 0.138. The lowest BCUT2D eigenvalue weighted by molar-refractivity contribution is -0.137. The average Bonchev–Trinajstić information content (AvgIpc) is 3.20. The van der Waals surface area contributed by atoms with Crippen molar-refractivity contribution in [2.24, 2.45) is 0 Å². The van der Waals surface area contributed by atoms with E-state index in [1.165, 1.54) is 6.20 Å². The SMILES string of the molecule is Cc1c(C(=O)NC(C(=O)N2CCOCC2)c2ccccc2)cnn1-c1ccc(Br)cc1. The molecular formula is C23H23BrN4O3. The highest BCUT2D eigenvalue weighted by atomic mass is 79.9. The Kier molecular flexibility index (Phi) is 6.48. The molecule has 2 amide bonds. The van der Waals surface area contributed by atoms with Crippen LogP contribution in [-0.4, -0.2) is 52.8 Å². The molecule has 7 nitrogen and oxygen atoms in total. The average molecular weight is 483 g/mol. The molecule has 0 aliphatic carbocycles. The van der Waals surface area contributed by atoms with Crippen LogP contribution in [0.2, 0.25) is 0 Å². The zero-order valence-electron chi connectivity index (χ0n) is 17.1. The fourth-order valence-electron chi connectivity index (χ4n) is 3.58. The van der Waals surface area contributed by atoms with E-state index in [4.69, 9.17) is 4.74 Å². The van der Waals surface area contributed by atoms with Gasteiger partial charge in [0.1, 0.15) is 6.04 Å². The quantitative estimate of drug-likeness (QED) is 0.605. The summed E-state index contributed by atoms with van der Waals surface area (Å²) in [4.78, 5) is 28.1. The molecular weight excluding hydrogens is 460 g/mol. The van der Waals surface area contributed by atoms with Crippen LogP contribution in [0, 0.1) is 6.92 Å². The Bertz CT molecular complexity index is 1060. The molecule has 1 unspecified atom stereocenters. The van der Waals surface area contributed by atoms with Crippen molar-refractivity contribution in [3.05, 3.63) is 82.1 Å². The lowest BCUT2D eigenvalue weighted by Gasteiger charge is -2.31. The van der Waals surface area contributed by atoms with Crippen LogP contribution in [0.3, 0.4) is 0 Å². The molecule has 1 aromatic heterocycles. The molecule has 8 heteroatoms. The Balaban J connectivity index is 1.59. The van der Waals surface area contributed by atoms with E-state index in [1.54, 1.807) is 9.58 Å². The number of morpholine rings is 1. The number of ether oxygens (including phenoxy) is 1. The number of hydrogen-bond acceptors (Lipinski definition) is 4. The van der Waals surface area contributed by atoms with Crippen LogP contribution in [0.4, 0.5) is 0 Å². The van der Waals surface area contributed by atoms with Crippen LogP contribution in [0.25, 0.3) is 5.69 Å². The number of carbonyl (C=O) groups is 2. The zero-order chi connectivity index (χ0) is 21.8. The first kappa shape index (κ1) is 21.3. The molecule has 2 heterocycles. The molecule has 3 aromatic rings. The van der Waals surface area contributed by atoms with Crippen molar-refractivity contribution in [2.45, 2.75) is 13.0 Å². The lowest BCUT2D eigenvalue weighted by atomic mass is 10.0. The van der Waals surface area contributed by atoms with Crippen molar-refractivity contribution in [2.75, 3.05) is 26.3 Å². The highest BCUT2D eigenvalue weighted by Crippen LogP contribution is 2.20. The number of rotatable bonds is 5. The number of carbonyl (C=O) groups excluding carboxylic acids is 2. The summed E-state index contributed by atoms with van der Waals surface area (Å²) in [5.74, 6) is -0.475. The van der Waals surface area contributed by atoms with Crippen molar-refractivity contribution in [1.29, 1.82) is 0 Å². The molecule has 0 saturated carbocycles. The van der Waals surface area contributed by atoms with E-state index >= 15 is 0 Å². The number of benzene rings is 2. The van der Waals surface area contributed by atoms with Gasteiger partial charge in [0, 0.05) is 17.6 Å². The second-order valence-electron chi connectivity index (χ2n) is 7.29. The normalized spacial score (nSPS) is 14.8. The van der Waals surface area contributed by atoms with Gasteiger partial charge in [-0.05, 0) is 36.8 Å². The van der Waals surface area contributed by atoms with Crippen LogP contribution < -0.4 is 5.32 Å². The van der Waals surface area contributed by atoms with E-state index < -0.39 is 6.04 Å². The van der Waals surface area contributed by atoms with E-state index in [-0.39, 0.29) is 11.8 Å². The predicted molar refractivity (Wildman–Crippen MR) is 120 cm³/mol.